The Morgan fingerprint density at radius 2 is 1.68 bits per heavy atom. The van der Waals surface area contributed by atoms with Crippen molar-refractivity contribution in [3.8, 4) is 0 Å². The van der Waals surface area contributed by atoms with Crippen LogP contribution in [0, 0.1) is 6.92 Å². The van der Waals surface area contributed by atoms with Crippen LogP contribution in [0.5, 0.6) is 0 Å². The van der Waals surface area contributed by atoms with Gasteiger partial charge in [0.2, 0.25) is 15.9 Å². The van der Waals surface area contributed by atoms with Gasteiger partial charge >= 0.3 is 0 Å². The monoisotopic (exact) mass is 403 g/mol. The fourth-order valence-electron chi connectivity index (χ4n) is 2.89. The number of primary amides is 1. The Bertz CT molecular complexity index is 955. The molecule has 8 heteroatoms. The van der Waals surface area contributed by atoms with Gasteiger partial charge in [-0.2, -0.15) is 4.31 Å². The van der Waals surface area contributed by atoms with E-state index < -0.39 is 27.9 Å². The highest BCUT2D eigenvalue weighted by Gasteiger charge is 2.25. The lowest BCUT2D eigenvalue weighted by Gasteiger charge is -2.20. The SMILES string of the molecule is CCN(CC)S(=O)(=O)c1ccc(C)c(C(=O)NC(C(N)=O)c2ccccc2)c1. The van der Waals surface area contributed by atoms with Gasteiger partial charge in [-0.05, 0) is 30.2 Å². The predicted octanol–water partition coefficient (Wildman–Crippen LogP) is 1.98. The van der Waals surface area contributed by atoms with Crippen LogP contribution in [0.3, 0.4) is 0 Å². The van der Waals surface area contributed by atoms with E-state index >= 15 is 0 Å². The molecule has 0 spiro atoms. The molecule has 0 fully saturated rings. The van der Waals surface area contributed by atoms with Crippen LogP contribution < -0.4 is 11.1 Å². The number of nitrogens with one attached hydrogen (secondary N) is 1. The van der Waals surface area contributed by atoms with Crippen LogP contribution in [0.15, 0.2) is 53.4 Å². The van der Waals surface area contributed by atoms with Crippen molar-refractivity contribution in [3.05, 3.63) is 65.2 Å². The summed E-state index contributed by atoms with van der Waals surface area (Å²) in [7, 11) is -3.71. The van der Waals surface area contributed by atoms with Crippen LogP contribution in [0.25, 0.3) is 0 Å². The van der Waals surface area contributed by atoms with Gasteiger partial charge in [-0.15, -0.1) is 0 Å². The Morgan fingerprint density at radius 1 is 1.07 bits per heavy atom. The lowest BCUT2D eigenvalue weighted by atomic mass is 10.0. The Kier molecular flexibility index (Phi) is 6.93. The van der Waals surface area contributed by atoms with Crippen molar-refractivity contribution in [1.82, 2.24) is 9.62 Å². The topological polar surface area (TPSA) is 110 Å². The number of rotatable bonds is 8. The van der Waals surface area contributed by atoms with E-state index in [-0.39, 0.29) is 10.5 Å². The third-order valence-corrected chi connectivity index (χ3v) is 6.54. The highest BCUT2D eigenvalue weighted by atomic mass is 32.2. The van der Waals surface area contributed by atoms with Crippen molar-refractivity contribution < 1.29 is 18.0 Å². The normalized spacial score (nSPS) is 12.6. The lowest BCUT2D eigenvalue weighted by molar-refractivity contribution is -0.120. The molecule has 2 rings (SSSR count). The second-order valence-corrected chi connectivity index (χ2v) is 8.22. The molecule has 0 aliphatic heterocycles. The zero-order chi connectivity index (χ0) is 20.9. The standard InChI is InChI=1S/C20H25N3O4S/c1-4-23(5-2)28(26,27)16-12-11-14(3)17(13-16)20(25)22-18(19(21)24)15-9-7-6-8-10-15/h6-13,18H,4-5H2,1-3H3,(H2,21,24)(H,22,25). The van der Waals surface area contributed by atoms with Crippen LogP contribution in [-0.2, 0) is 14.8 Å². The first kappa shape index (κ1) is 21.6. The van der Waals surface area contributed by atoms with Crippen molar-refractivity contribution in [2.24, 2.45) is 5.73 Å². The summed E-state index contributed by atoms with van der Waals surface area (Å²) in [5.74, 6) is -1.27. The summed E-state index contributed by atoms with van der Waals surface area (Å²) >= 11 is 0. The van der Waals surface area contributed by atoms with Crippen LogP contribution in [-0.4, -0.2) is 37.6 Å². The maximum atomic E-state index is 12.8. The largest absolute Gasteiger partial charge is 0.368 e. The van der Waals surface area contributed by atoms with Crippen LogP contribution in [0.2, 0.25) is 0 Å². The smallest absolute Gasteiger partial charge is 0.252 e. The van der Waals surface area contributed by atoms with Crippen molar-refractivity contribution in [3.63, 3.8) is 0 Å². The van der Waals surface area contributed by atoms with E-state index in [1.165, 1.54) is 16.4 Å². The van der Waals surface area contributed by atoms with Crippen LogP contribution >= 0.6 is 0 Å². The van der Waals surface area contributed by atoms with Gasteiger partial charge in [-0.1, -0.05) is 50.2 Å². The van der Waals surface area contributed by atoms with Gasteiger partial charge in [-0.25, -0.2) is 8.42 Å². The molecule has 3 N–H and O–H groups in total. The van der Waals surface area contributed by atoms with Crippen molar-refractivity contribution in [2.45, 2.75) is 31.7 Å². The molecule has 0 saturated heterocycles. The summed E-state index contributed by atoms with van der Waals surface area (Å²) in [4.78, 5) is 24.7. The predicted molar refractivity (Wildman–Crippen MR) is 107 cm³/mol. The molecule has 0 radical (unpaired) electrons. The number of hydrogen-bond donors (Lipinski definition) is 2. The number of carbonyl (C=O) groups excluding carboxylic acids is 2. The Hall–Kier alpha value is -2.71. The number of aryl methyl sites for hydroxylation is 1. The quantitative estimate of drug-likeness (QED) is 0.702. The third kappa shape index (κ3) is 4.58. The van der Waals surface area contributed by atoms with Crippen LogP contribution in [0.4, 0.5) is 0 Å². The van der Waals surface area contributed by atoms with E-state index in [0.717, 1.165) is 0 Å². The summed E-state index contributed by atoms with van der Waals surface area (Å²) < 4.78 is 26.8. The average Bonchev–Trinajstić information content (AvgIpc) is 2.67. The van der Waals surface area contributed by atoms with Crippen molar-refractivity contribution >= 4 is 21.8 Å². The van der Waals surface area contributed by atoms with Gasteiger partial charge in [-0.3, -0.25) is 9.59 Å². The van der Waals surface area contributed by atoms with E-state index in [2.05, 4.69) is 5.32 Å². The molecule has 2 aromatic rings. The van der Waals surface area contributed by atoms with Gasteiger partial charge in [0.05, 0.1) is 4.90 Å². The molecule has 0 aliphatic carbocycles. The summed E-state index contributed by atoms with van der Waals surface area (Å²) in [5, 5.41) is 2.60. The number of nitrogens with two attached hydrogens (primary N) is 1. The molecule has 1 atom stereocenters. The van der Waals surface area contributed by atoms with Gasteiger partial charge in [0.25, 0.3) is 5.91 Å². The molecule has 1 unspecified atom stereocenters. The van der Waals surface area contributed by atoms with E-state index in [1.54, 1.807) is 57.2 Å². The fourth-order valence-corrected chi connectivity index (χ4v) is 4.38. The van der Waals surface area contributed by atoms with Gasteiger partial charge in [0, 0.05) is 18.7 Å². The van der Waals surface area contributed by atoms with E-state index in [4.69, 9.17) is 5.73 Å². The number of nitrogens with zero attached hydrogens (tertiary/aromatic N) is 1. The van der Waals surface area contributed by atoms with Crippen molar-refractivity contribution in [2.75, 3.05) is 13.1 Å². The summed E-state index contributed by atoms with van der Waals surface area (Å²) in [6, 6.07) is 12.0. The molecule has 0 aliphatic rings. The third-order valence-electron chi connectivity index (χ3n) is 4.49. The summed E-state index contributed by atoms with van der Waals surface area (Å²) in [6.07, 6.45) is 0. The number of sulfonamides is 1. The minimum Gasteiger partial charge on any atom is -0.368 e. The maximum Gasteiger partial charge on any atom is 0.252 e. The molecule has 0 bridgehead atoms. The number of hydrogen-bond acceptors (Lipinski definition) is 4. The first-order chi connectivity index (χ1) is 13.2. The van der Waals surface area contributed by atoms with E-state index in [9.17, 15) is 18.0 Å². The molecule has 2 amide bonds. The minimum atomic E-state index is -3.71. The molecule has 0 saturated carbocycles. The average molecular weight is 404 g/mol. The summed E-state index contributed by atoms with van der Waals surface area (Å²) in [5.41, 5.74) is 6.77. The first-order valence-corrected chi connectivity index (χ1v) is 10.4. The minimum absolute atomic E-state index is 0.0299. The summed E-state index contributed by atoms with van der Waals surface area (Å²) in [6.45, 7) is 5.85. The lowest BCUT2D eigenvalue weighted by Crippen LogP contribution is -2.38. The molecule has 0 heterocycles. The first-order valence-electron chi connectivity index (χ1n) is 8.98. The molecular formula is C20H25N3O4S. The molecule has 150 valence electrons. The fraction of sp³-hybridized carbons (Fsp3) is 0.300. The zero-order valence-electron chi connectivity index (χ0n) is 16.2. The zero-order valence-corrected chi connectivity index (χ0v) is 17.0. The van der Waals surface area contributed by atoms with Gasteiger partial charge in [0.1, 0.15) is 6.04 Å². The highest BCUT2D eigenvalue weighted by Crippen LogP contribution is 2.21. The van der Waals surface area contributed by atoms with Gasteiger partial charge < -0.3 is 11.1 Å². The second kappa shape index (κ2) is 8.99. The molecular weight excluding hydrogens is 378 g/mol. The Labute approximate surface area is 165 Å². The van der Waals surface area contributed by atoms with E-state index in [1.807, 2.05) is 0 Å². The van der Waals surface area contributed by atoms with Gasteiger partial charge in [0.15, 0.2) is 0 Å². The maximum absolute atomic E-state index is 12.8. The molecule has 2 aromatic carbocycles. The van der Waals surface area contributed by atoms with E-state index in [0.29, 0.717) is 24.2 Å². The number of carbonyl (C=O) groups is 2. The Balaban J connectivity index is 2.39. The Morgan fingerprint density at radius 3 is 2.21 bits per heavy atom. The number of benzene rings is 2. The highest BCUT2D eigenvalue weighted by molar-refractivity contribution is 7.89. The number of amides is 2. The molecule has 28 heavy (non-hydrogen) atoms. The second-order valence-electron chi connectivity index (χ2n) is 6.29. The molecule has 7 nitrogen and oxygen atoms in total. The van der Waals surface area contributed by atoms with Crippen LogP contribution in [0.1, 0.15) is 41.4 Å². The molecule has 0 aromatic heterocycles. The van der Waals surface area contributed by atoms with Crippen molar-refractivity contribution in [1.29, 1.82) is 0 Å².